The van der Waals surface area contributed by atoms with Gasteiger partial charge in [-0.3, -0.25) is 0 Å². The van der Waals surface area contributed by atoms with E-state index in [-0.39, 0.29) is 0 Å². The molecule has 1 N–H and O–H groups in total. The van der Waals surface area contributed by atoms with Crippen LogP contribution < -0.4 is 5.32 Å². The van der Waals surface area contributed by atoms with E-state index in [0.717, 1.165) is 11.5 Å². The Morgan fingerprint density at radius 1 is 1.40 bits per heavy atom. The Balaban J connectivity index is 1.91. The highest BCUT2D eigenvalue weighted by molar-refractivity contribution is 4.98. The van der Waals surface area contributed by atoms with E-state index in [2.05, 4.69) is 12.2 Å². The van der Waals surface area contributed by atoms with Gasteiger partial charge in [0, 0.05) is 6.04 Å². The quantitative estimate of drug-likeness (QED) is 0.585. The van der Waals surface area contributed by atoms with Crippen LogP contribution in [-0.4, -0.2) is 12.6 Å². The Morgan fingerprint density at radius 2 is 2.20 bits per heavy atom. The largest absolute Gasteiger partial charge is 0.314 e. The third kappa shape index (κ3) is 1.07. The summed E-state index contributed by atoms with van der Waals surface area (Å²) in [6.45, 7) is 3.57. The molecule has 1 aliphatic carbocycles. The highest BCUT2D eigenvalue weighted by Gasteiger charge is 2.45. The molecular formula is C9H17N. The Bertz CT molecular complexity index is 127. The van der Waals surface area contributed by atoms with Crippen LogP contribution in [0, 0.1) is 5.41 Å². The summed E-state index contributed by atoms with van der Waals surface area (Å²) in [7, 11) is 0. The van der Waals surface area contributed by atoms with Gasteiger partial charge in [-0.2, -0.15) is 0 Å². The maximum Gasteiger partial charge on any atom is 0.00697 e. The summed E-state index contributed by atoms with van der Waals surface area (Å²) in [5.74, 6) is 0. The van der Waals surface area contributed by atoms with Gasteiger partial charge in [0.25, 0.3) is 0 Å². The zero-order valence-electron chi connectivity index (χ0n) is 6.82. The van der Waals surface area contributed by atoms with Gasteiger partial charge in [0.05, 0.1) is 0 Å². The molecule has 1 spiro atoms. The third-order valence-electron chi connectivity index (χ3n) is 3.22. The first-order valence-electron chi connectivity index (χ1n) is 4.58. The molecule has 2 fully saturated rings. The number of rotatable bonds is 1. The first-order valence-corrected chi connectivity index (χ1v) is 4.58. The number of nitrogens with one attached hydrogen (secondary N) is 1. The minimum atomic E-state index is 0.839. The van der Waals surface area contributed by atoms with Crippen molar-refractivity contribution in [3.8, 4) is 0 Å². The van der Waals surface area contributed by atoms with Crippen LogP contribution in [0.5, 0.6) is 0 Å². The average molecular weight is 139 g/mol. The highest BCUT2D eigenvalue weighted by atomic mass is 14.9. The molecule has 2 aliphatic rings. The Kier molecular flexibility index (Phi) is 1.48. The van der Waals surface area contributed by atoms with Crippen molar-refractivity contribution in [3.63, 3.8) is 0 Å². The lowest BCUT2D eigenvalue weighted by molar-refractivity contribution is 0.278. The molecule has 1 heterocycles. The second kappa shape index (κ2) is 2.23. The van der Waals surface area contributed by atoms with E-state index in [0.29, 0.717) is 0 Å². The van der Waals surface area contributed by atoms with Gasteiger partial charge in [0.2, 0.25) is 0 Å². The Labute approximate surface area is 63.2 Å². The van der Waals surface area contributed by atoms with Crippen LogP contribution in [0.4, 0.5) is 0 Å². The van der Waals surface area contributed by atoms with Crippen molar-refractivity contribution < 1.29 is 0 Å². The maximum atomic E-state index is 3.56. The van der Waals surface area contributed by atoms with Crippen molar-refractivity contribution in [1.29, 1.82) is 0 Å². The predicted molar refractivity (Wildman–Crippen MR) is 43.0 cm³/mol. The van der Waals surface area contributed by atoms with E-state index in [1.54, 1.807) is 0 Å². The van der Waals surface area contributed by atoms with Gasteiger partial charge in [0.15, 0.2) is 0 Å². The predicted octanol–water partition coefficient (Wildman–Crippen LogP) is 1.93. The first kappa shape index (κ1) is 6.66. The maximum absolute atomic E-state index is 3.56. The van der Waals surface area contributed by atoms with Crippen LogP contribution in [0.1, 0.15) is 39.0 Å². The minimum absolute atomic E-state index is 0.839. The molecule has 1 nitrogen and oxygen atoms in total. The Hall–Kier alpha value is -0.0400. The zero-order valence-corrected chi connectivity index (χ0v) is 6.82. The molecule has 10 heavy (non-hydrogen) atoms. The van der Waals surface area contributed by atoms with E-state index in [9.17, 15) is 0 Å². The summed E-state index contributed by atoms with van der Waals surface area (Å²) in [5.41, 5.74) is 0.839. The molecule has 2 rings (SSSR count). The molecule has 0 amide bonds. The van der Waals surface area contributed by atoms with Crippen LogP contribution >= 0.6 is 0 Å². The number of piperidine rings is 1. The van der Waals surface area contributed by atoms with E-state index in [4.69, 9.17) is 0 Å². The lowest BCUT2D eigenvalue weighted by Crippen LogP contribution is -2.38. The smallest absolute Gasteiger partial charge is 0.00697 e. The minimum Gasteiger partial charge on any atom is -0.314 e. The van der Waals surface area contributed by atoms with Crippen molar-refractivity contribution in [2.24, 2.45) is 5.41 Å². The van der Waals surface area contributed by atoms with Gasteiger partial charge in [0.1, 0.15) is 0 Å². The molecule has 0 aromatic rings. The summed E-state index contributed by atoms with van der Waals surface area (Å²) in [4.78, 5) is 0. The summed E-state index contributed by atoms with van der Waals surface area (Å²) in [6.07, 6.45) is 7.27. The average Bonchev–Trinajstić information content (AvgIpc) is 2.70. The molecule has 0 aromatic heterocycles. The fraction of sp³-hybridized carbons (Fsp3) is 1.00. The fourth-order valence-electron chi connectivity index (χ4n) is 2.16. The van der Waals surface area contributed by atoms with Crippen molar-refractivity contribution in [2.75, 3.05) is 6.54 Å². The van der Waals surface area contributed by atoms with Gasteiger partial charge in [-0.05, 0) is 44.1 Å². The molecule has 1 atom stereocenters. The molecule has 0 radical (unpaired) electrons. The van der Waals surface area contributed by atoms with Crippen LogP contribution in [0.2, 0.25) is 0 Å². The monoisotopic (exact) mass is 139 g/mol. The van der Waals surface area contributed by atoms with Crippen LogP contribution in [0.25, 0.3) is 0 Å². The molecule has 1 aliphatic heterocycles. The van der Waals surface area contributed by atoms with Gasteiger partial charge in [-0.1, -0.05) is 6.92 Å². The molecule has 58 valence electrons. The highest BCUT2D eigenvalue weighted by Crippen LogP contribution is 2.53. The molecule has 1 saturated carbocycles. The summed E-state index contributed by atoms with van der Waals surface area (Å²) in [6, 6.07) is 0.844. The van der Waals surface area contributed by atoms with E-state index in [1.807, 2.05) is 0 Å². The van der Waals surface area contributed by atoms with E-state index < -0.39 is 0 Å². The van der Waals surface area contributed by atoms with Crippen molar-refractivity contribution in [3.05, 3.63) is 0 Å². The topological polar surface area (TPSA) is 12.0 Å². The second-order valence-electron chi connectivity index (χ2n) is 4.01. The molecule has 0 aromatic carbocycles. The van der Waals surface area contributed by atoms with Crippen LogP contribution in [0.3, 0.4) is 0 Å². The molecule has 0 bridgehead atoms. The van der Waals surface area contributed by atoms with Crippen molar-refractivity contribution >= 4 is 0 Å². The number of hydrogen-bond donors (Lipinski definition) is 1. The molecule has 1 saturated heterocycles. The molecule has 0 unspecified atom stereocenters. The summed E-state index contributed by atoms with van der Waals surface area (Å²) in [5, 5.41) is 3.56. The van der Waals surface area contributed by atoms with Crippen molar-refractivity contribution in [2.45, 2.75) is 45.1 Å². The lowest BCUT2D eigenvalue weighted by atomic mass is 9.88. The normalized spacial score (nSPS) is 36.3. The fourth-order valence-corrected chi connectivity index (χ4v) is 2.16. The Morgan fingerprint density at radius 3 is 2.80 bits per heavy atom. The van der Waals surface area contributed by atoms with Gasteiger partial charge >= 0.3 is 0 Å². The lowest BCUT2D eigenvalue weighted by Gasteiger charge is -2.29. The molecular weight excluding hydrogens is 122 g/mol. The number of hydrogen-bond acceptors (Lipinski definition) is 1. The zero-order chi connectivity index (χ0) is 7.03. The standard InChI is InChI=1S/C9H17N/c1-2-8-7-9(3-4-9)5-6-10-8/h8,10H,2-7H2,1H3/t8-/m1/s1. The van der Waals surface area contributed by atoms with Gasteiger partial charge in [-0.15, -0.1) is 0 Å². The van der Waals surface area contributed by atoms with Crippen LogP contribution in [0.15, 0.2) is 0 Å². The van der Waals surface area contributed by atoms with E-state index >= 15 is 0 Å². The van der Waals surface area contributed by atoms with E-state index in [1.165, 1.54) is 38.6 Å². The summed E-state index contributed by atoms with van der Waals surface area (Å²) < 4.78 is 0. The second-order valence-corrected chi connectivity index (χ2v) is 4.01. The van der Waals surface area contributed by atoms with Crippen molar-refractivity contribution in [1.82, 2.24) is 5.32 Å². The SMILES string of the molecule is CC[C@@H]1CC2(CCN1)CC2. The van der Waals surface area contributed by atoms with Gasteiger partial charge in [-0.25, -0.2) is 0 Å². The molecule has 1 heteroatoms. The summed E-state index contributed by atoms with van der Waals surface area (Å²) >= 11 is 0. The first-order chi connectivity index (χ1) is 4.85. The van der Waals surface area contributed by atoms with Gasteiger partial charge < -0.3 is 5.32 Å². The third-order valence-corrected chi connectivity index (χ3v) is 3.22. The van der Waals surface area contributed by atoms with Crippen LogP contribution in [-0.2, 0) is 0 Å².